The number of hydrogen-bond acceptors (Lipinski definition) is 0. The van der Waals surface area contributed by atoms with E-state index in [4.69, 9.17) is 4.11 Å². The second kappa shape index (κ2) is 4.75. The van der Waals surface area contributed by atoms with Crippen LogP contribution in [0.5, 0.6) is 0 Å². The van der Waals surface area contributed by atoms with Gasteiger partial charge >= 0.3 is 0 Å². The molecule has 3 rings (SSSR count). The zero-order chi connectivity index (χ0) is 16.8. The summed E-state index contributed by atoms with van der Waals surface area (Å²) in [4.78, 5) is 0. The fraction of sp³-hybridized carbons (Fsp3) is 0.211. The summed E-state index contributed by atoms with van der Waals surface area (Å²) in [5.74, 6) is 0. The number of pyridine rings is 1. The van der Waals surface area contributed by atoms with Gasteiger partial charge in [-0.15, -0.1) is 0 Å². The van der Waals surface area contributed by atoms with E-state index in [1.54, 1.807) is 6.07 Å². The predicted molar refractivity (Wildman–Crippen MR) is 84.8 cm³/mol. The van der Waals surface area contributed by atoms with Gasteiger partial charge in [0.2, 0.25) is 5.69 Å². The second-order valence-corrected chi connectivity index (χ2v) is 5.38. The molecule has 0 amide bonds. The van der Waals surface area contributed by atoms with Crippen molar-refractivity contribution < 1.29 is 8.68 Å². The molecule has 20 heavy (non-hydrogen) atoms. The number of aryl methyl sites for hydroxylation is 3. The Bertz CT molecular complexity index is 895. The van der Waals surface area contributed by atoms with E-state index in [2.05, 4.69) is 35.0 Å². The Morgan fingerprint density at radius 1 is 1.00 bits per heavy atom. The lowest BCUT2D eigenvalue weighted by Gasteiger charge is -2.10. The number of nitrogens with zero attached hydrogens (tertiary/aromatic N) is 1. The molecule has 0 bridgehead atoms. The van der Waals surface area contributed by atoms with Gasteiger partial charge in [0.05, 0.1) is 0 Å². The molecule has 1 nitrogen and oxygen atoms in total. The maximum Gasteiger partial charge on any atom is 0.213 e. The van der Waals surface area contributed by atoms with Crippen molar-refractivity contribution in [1.82, 2.24) is 0 Å². The molecule has 3 aromatic rings. The first-order chi connectivity index (χ1) is 10.8. The molecule has 1 aromatic heterocycles. The van der Waals surface area contributed by atoms with E-state index >= 15 is 0 Å². The SMILES string of the molecule is [2H]C([2H])([2H])c1cc(C)cc(-c2cc3ccccc3c[n+]2C)c1C. The Morgan fingerprint density at radius 3 is 2.50 bits per heavy atom. The number of rotatable bonds is 1. The number of benzene rings is 2. The smallest absolute Gasteiger partial charge is 0.200 e. The first-order valence-corrected chi connectivity index (χ1v) is 6.78. The third kappa shape index (κ3) is 2.09. The van der Waals surface area contributed by atoms with E-state index in [0.29, 0.717) is 5.56 Å². The van der Waals surface area contributed by atoms with Gasteiger partial charge in [-0.1, -0.05) is 29.8 Å². The highest BCUT2D eigenvalue weighted by molar-refractivity contribution is 5.84. The first kappa shape index (κ1) is 9.71. The van der Waals surface area contributed by atoms with E-state index in [9.17, 15) is 0 Å². The molecule has 0 N–H and O–H groups in total. The third-order valence-corrected chi connectivity index (χ3v) is 3.83. The zero-order valence-corrected chi connectivity index (χ0v) is 12.1. The number of hydrogen-bond donors (Lipinski definition) is 0. The van der Waals surface area contributed by atoms with Crippen LogP contribution in [0.4, 0.5) is 0 Å². The van der Waals surface area contributed by atoms with Crippen LogP contribution in [0.15, 0.2) is 48.7 Å². The summed E-state index contributed by atoms with van der Waals surface area (Å²) in [6.07, 6.45) is 2.08. The van der Waals surface area contributed by atoms with Crippen LogP contribution >= 0.6 is 0 Å². The van der Waals surface area contributed by atoms with Gasteiger partial charge in [0.1, 0.15) is 7.05 Å². The molecule has 0 aliphatic heterocycles. The average Bonchev–Trinajstić information content (AvgIpc) is 2.47. The van der Waals surface area contributed by atoms with Crippen molar-refractivity contribution >= 4 is 10.8 Å². The highest BCUT2D eigenvalue weighted by atomic mass is 14.9. The van der Waals surface area contributed by atoms with Gasteiger partial charge in [0.15, 0.2) is 6.20 Å². The maximum absolute atomic E-state index is 7.78. The van der Waals surface area contributed by atoms with Crippen molar-refractivity contribution in [3.05, 3.63) is 65.4 Å². The maximum atomic E-state index is 7.78. The summed E-state index contributed by atoms with van der Waals surface area (Å²) in [6.45, 7) is 1.74. The van der Waals surface area contributed by atoms with Crippen molar-refractivity contribution in [1.29, 1.82) is 0 Å². The minimum Gasteiger partial charge on any atom is -0.200 e. The second-order valence-electron chi connectivity index (χ2n) is 5.38. The molecule has 0 aliphatic carbocycles. The Labute approximate surface area is 124 Å². The summed E-state index contributed by atoms with van der Waals surface area (Å²) < 4.78 is 25.4. The largest absolute Gasteiger partial charge is 0.213 e. The van der Waals surface area contributed by atoms with Crippen molar-refractivity contribution in [3.8, 4) is 11.3 Å². The lowest BCUT2D eigenvalue weighted by Crippen LogP contribution is -2.30. The normalized spacial score (nSPS) is 13.8. The molecular weight excluding hydrogens is 242 g/mol. The van der Waals surface area contributed by atoms with Gasteiger partial charge in [0, 0.05) is 21.1 Å². The molecular formula is C19H20N+. The molecule has 1 heteroatoms. The number of aromatic nitrogens is 1. The number of fused-ring (bicyclic) bond motifs is 1. The molecule has 0 spiro atoms. The summed E-state index contributed by atoms with van der Waals surface area (Å²) in [5.41, 5.74) is 4.21. The van der Waals surface area contributed by atoms with E-state index in [0.717, 1.165) is 27.8 Å². The highest BCUT2D eigenvalue weighted by Crippen LogP contribution is 2.26. The molecule has 1 heterocycles. The van der Waals surface area contributed by atoms with Crippen LogP contribution in [-0.2, 0) is 7.05 Å². The molecule has 100 valence electrons. The lowest BCUT2D eigenvalue weighted by atomic mass is 9.96. The first-order valence-electron chi connectivity index (χ1n) is 8.28. The van der Waals surface area contributed by atoms with Crippen molar-refractivity contribution in [2.75, 3.05) is 0 Å². The Kier molecular flexibility index (Phi) is 2.31. The Morgan fingerprint density at radius 2 is 1.75 bits per heavy atom. The molecule has 2 aromatic carbocycles. The minimum absolute atomic E-state index is 0.431. The topological polar surface area (TPSA) is 3.88 Å². The van der Waals surface area contributed by atoms with Gasteiger partial charge < -0.3 is 0 Å². The summed E-state index contributed by atoms with van der Waals surface area (Å²) in [5, 5.41) is 2.32. The Balaban J connectivity index is 2.31. The van der Waals surface area contributed by atoms with Crippen molar-refractivity contribution in [2.45, 2.75) is 20.7 Å². The summed E-state index contributed by atoms with van der Waals surface area (Å²) in [7, 11) is 2.00. The van der Waals surface area contributed by atoms with Crippen LogP contribution in [-0.4, -0.2) is 0 Å². The molecule has 0 unspecified atom stereocenters. The van der Waals surface area contributed by atoms with Crippen LogP contribution in [0.1, 0.15) is 20.8 Å². The standard InChI is InChI=1S/C19H20N/c1-13-9-14(2)15(3)18(10-13)19-11-16-7-5-6-8-17(16)12-20(19)4/h5-12H,1-4H3/q+1/i2D3. The average molecular weight is 265 g/mol. The van der Waals surface area contributed by atoms with Crippen LogP contribution in [0.3, 0.4) is 0 Å². The fourth-order valence-corrected chi connectivity index (χ4v) is 2.68. The monoisotopic (exact) mass is 265 g/mol. The van der Waals surface area contributed by atoms with E-state index < -0.39 is 6.85 Å². The van der Waals surface area contributed by atoms with E-state index in [1.807, 2.05) is 33.0 Å². The van der Waals surface area contributed by atoms with Gasteiger partial charge in [-0.3, -0.25) is 0 Å². The van der Waals surface area contributed by atoms with E-state index in [1.165, 1.54) is 5.39 Å². The molecule has 0 fully saturated rings. The zero-order valence-electron chi connectivity index (χ0n) is 15.1. The minimum atomic E-state index is -2.10. The fourth-order valence-electron chi connectivity index (χ4n) is 2.68. The predicted octanol–water partition coefficient (Wildman–Crippen LogP) is 4.26. The lowest BCUT2D eigenvalue weighted by molar-refractivity contribution is -0.659. The van der Waals surface area contributed by atoms with Crippen LogP contribution in [0.25, 0.3) is 22.0 Å². The molecule has 0 saturated heterocycles. The summed E-state index contributed by atoms with van der Waals surface area (Å²) >= 11 is 0. The molecule has 0 saturated carbocycles. The van der Waals surface area contributed by atoms with E-state index in [-0.39, 0.29) is 0 Å². The van der Waals surface area contributed by atoms with Crippen LogP contribution < -0.4 is 4.57 Å². The van der Waals surface area contributed by atoms with Gasteiger partial charge in [-0.25, -0.2) is 4.57 Å². The molecule has 0 radical (unpaired) electrons. The van der Waals surface area contributed by atoms with Crippen LogP contribution in [0, 0.1) is 20.7 Å². The third-order valence-electron chi connectivity index (χ3n) is 3.83. The highest BCUT2D eigenvalue weighted by Gasteiger charge is 2.15. The van der Waals surface area contributed by atoms with Gasteiger partial charge in [0.25, 0.3) is 0 Å². The summed E-state index contributed by atoms with van der Waals surface area (Å²) in [6, 6.07) is 14.2. The van der Waals surface area contributed by atoms with Crippen molar-refractivity contribution in [3.63, 3.8) is 0 Å². The van der Waals surface area contributed by atoms with Crippen molar-refractivity contribution in [2.24, 2.45) is 7.05 Å². The Hall–Kier alpha value is -2.15. The van der Waals surface area contributed by atoms with Gasteiger partial charge in [-0.2, -0.15) is 0 Å². The molecule has 0 aliphatic rings. The van der Waals surface area contributed by atoms with Crippen LogP contribution in [0.2, 0.25) is 0 Å². The van der Waals surface area contributed by atoms with Gasteiger partial charge in [-0.05, 0) is 49.3 Å². The molecule has 0 atom stereocenters. The quantitative estimate of drug-likeness (QED) is 0.579.